The molecular formula is C68H64BClN2O2. The molecule has 0 unspecified atom stereocenters. The number of benzene rings is 8. The molecule has 10 aromatic rings. The van der Waals surface area contributed by atoms with E-state index < -0.39 is 0 Å². The van der Waals surface area contributed by atoms with Gasteiger partial charge in [0.25, 0.3) is 6.71 Å². The first-order valence-electron chi connectivity index (χ1n) is 27.0. The van der Waals surface area contributed by atoms with E-state index in [1.165, 1.54) is 61.0 Å². The Hall–Kier alpha value is -6.69. The summed E-state index contributed by atoms with van der Waals surface area (Å²) < 4.78 is 13.7. The number of hydrogen-bond acceptors (Lipinski definition) is 4. The number of halogens is 1. The molecule has 368 valence electrons. The SMILES string of the molecule is CC(C)(C)c1ccc(N2c3cc(Cl)cc4c3B(c3cc5c(cc3N4c3ccc4oc6ccccc6c4c3)C(C)(C)CCC5(C)C)c3ccc4oc5cc6c(cc5c4c32)C(C)(C)CCC6(C)C)c(-c2ccccc2)c1. The average molecular weight is 988 g/mol. The molecule has 0 spiro atoms. The fraction of sp³-hybridized carbons (Fsp3) is 0.294. The molecule has 4 aliphatic rings. The lowest BCUT2D eigenvalue weighted by Crippen LogP contribution is -2.62. The van der Waals surface area contributed by atoms with Crippen LogP contribution in [0.2, 0.25) is 5.02 Å². The second-order valence-corrected chi connectivity index (χ2v) is 26.4. The summed E-state index contributed by atoms with van der Waals surface area (Å²) in [6.07, 6.45) is 4.51. The van der Waals surface area contributed by atoms with Gasteiger partial charge < -0.3 is 18.6 Å². The van der Waals surface area contributed by atoms with Crippen molar-refractivity contribution < 1.29 is 8.83 Å². The Kier molecular flexibility index (Phi) is 9.44. The van der Waals surface area contributed by atoms with Gasteiger partial charge in [0.1, 0.15) is 22.3 Å². The highest BCUT2D eigenvalue weighted by molar-refractivity contribution is 7.00. The fourth-order valence-corrected chi connectivity index (χ4v) is 14.1. The van der Waals surface area contributed by atoms with E-state index in [0.717, 1.165) is 98.0 Å². The molecular weight excluding hydrogens is 923 g/mol. The Balaban J connectivity index is 1.14. The zero-order valence-corrected chi connectivity index (χ0v) is 45.5. The van der Waals surface area contributed by atoms with E-state index in [4.69, 9.17) is 20.4 Å². The minimum Gasteiger partial charge on any atom is -0.456 e. The van der Waals surface area contributed by atoms with Gasteiger partial charge in [-0.25, -0.2) is 0 Å². The van der Waals surface area contributed by atoms with Gasteiger partial charge in [0.05, 0.1) is 16.8 Å². The third-order valence-corrected chi connectivity index (χ3v) is 18.6. The standard InChI is InChI=1S/C68H64BClN2O2/c1-64(2,3)40-21-24-53(44(31-40)39-17-13-12-14-18-39)72-56-33-41(70)32-55-62(56)69(51-23-26-59-61(63(51)72)46-35-47-50(38-60(46)74-59)68(10,11)30-27-65(47,4)5)52-36-48-49(67(8,9)29-28-66(48,6)7)37-54(52)71(55)42-22-25-58-45(34-42)43-19-15-16-20-57(43)73-58/h12-26,31-38H,27-30H2,1-11H3. The van der Waals surface area contributed by atoms with Crippen molar-refractivity contribution in [1.82, 2.24) is 0 Å². The molecule has 2 aliphatic carbocycles. The predicted molar refractivity (Wildman–Crippen MR) is 315 cm³/mol. The number of fused-ring (bicyclic) bond motifs is 13. The van der Waals surface area contributed by atoms with Crippen LogP contribution in [0, 0.1) is 0 Å². The summed E-state index contributed by atoms with van der Waals surface area (Å²) >= 11 is 7.73. The molecule has 4 nitrogen and oxygen atoms in total. The monoisotopic (exact) mass is 986 g/mol. The van der Waals surface area contributed by atoms with Crippen LogP contribution in [0.5, 0.6) is 0 Å². The van der Waals surface area contributed by atoms with E-state index >= 15 is 0 Å². The van der Waals surface area contributed by atoms with Gasteiger partial charge in [-0.1, -0.05) is 154 Å². The van der Waals surface area contributed by atoms with Gasteiger partial charge >= 0.3 is 0 Å². The molecule has 0 bridgehead atoms. The minimum atomic E-state index is -0.129. The van der Waals surface area contributed by atoms with Crippen LogP contribution in [0.25, 0.3) is 55.0 Å². The highest BCUT2D eigenvalue weighted by Crippen LogP contribution is 2.55. The van der Waals surface area contributed by atoms with Crippen molar-refractivity contribution in [2.24, 2.45) is 0 Å². The van der Waals surface area contributed by atoms with Crippen LogP contribution < -0.4 is 26.2 Å². The van der Waals surface area contributed by atoms with Crippen LogP contribution in [0.3, 0.4) is 0 Å². The summed E-state index contributed by atoms with van der Waals surface area (Å²) in [4.78, 5) is 5.11. The molecule has 0 saturated heterocycles. The quantitative estimate of drug-likeness (QED) is 0.165. The molecule has 74 heavy (non-hydrogen) atoms. The zero-order chi connectivity index (χ0) is 51.2. The van der Waals surface area contributed by atoms with Crippen LogP contribution in [0.1, 0.15) is 130 Å². The Bertz CT molecular complexity index is 4050. The van der Waals surface area contributed by atoms with Gasteiger partial charge in [-0.05, 0) is 175 Å². The molecule has 2 aliphatic heterocycles. The van der Waals surface area contributed by atoms with Crippen LogP contribution in [-0.4, -0.2) is 6.71 Å². The first-order chi connectivity index (χ1) is 35.2. The minimum absolute atomic E-state index is 0.00661. The van der Waals surface area contributed by atoms with Crippen molar-refractivity contribution >= 4 is 113 Å². The van der Waals surface area contributed by atoms with Crippen molar-refractivity contribution in [3.63, 3.8) is 0 Å². The maximum atomic E-state index is 7.73. The molecule has 0 saturated carbocycles. The summed E-state index contributed by atoms with van der Waals surface area (Å²) in [5.74, 6) is 0. The molecule has 6 heteroatoms. The first kappa shape index (κ1) is 45.9. The summed E-state index contributed by atoms with van der Waals surface area (Å²) in [6, 6.07) is 52.5. The van der Waals surface area contributed by atoms with E-state index in [2.05, 4.69) is 225 Å². The third-order valence-electron chi connectivity index (χ3n) is 18.4. The second-order valence-electron chi connectivity index (χ2n) is 26.0. The molecule has 14 rings (SSSR count). The Morgan fingerprint density at radius 2 is 1.07 bits per heavy atom. The first-order valence-corrected chi connectivity index (χ1v) is 27.3. The second kappa shape index (κ2) is 15.2. The van der Waals surface area contributed by atoms with Crippen molar-refractivity contribution in [3.8, 4) is 11.1 Å². The van der Waals surface area contributed by atoms with Crippen LogP contribution in [0.4, 0.5) is 34.1 Å². The highest BCUT2D eigenvalue weighted by Gasteiger charge is 2.48. The summed E-state index contributed by atoms with van der Waals surface area (Å²) in [5.41, 5.74) is 23.3. The third kappa shape index (κ3) is 6.54. The smallest absolute Gasteiger partial charge is 0.252 e. The average Bonchev–Trinajstić information content (AvgIpc) is 3.97. The lowest BCUT2D eigenvalue weighted by Gasteiger charge is -2.47. The van der Waals surface area contributed by atoms with E-state index in [1.54, 1.807) is 0 Å². The molecule has 0 fully saturated rings. The maximum Gasteiger partial charge on any atom is 0.252 e. The molecule has 0 atom stereocenters. The molecule has 4 heterocycles. The molecule has 8 aromatic carbocycles. The van der Waals surface area contributed by atoms with Gasteiger partial charge in [0.15, 0.2) is 0 Å². The van der Waals surface area contributed by atoms with E-state index in [9.17, 15) is 0 Å². The van der Waals surface area contributed by atoms with Gasteiger partial charge in [0, 0.05) is 49.5 Å². The Morgan fingerprint density at radius 1 is 0.473 bits per heavy atom. The maximum absolute atomic E-state index is 7.73. The van der Waals surface area contributed by atoms with Crippen LogP contribution in [-0.2, 0) is 27.1 Å². The largest absolute Gasteiger partial charge is 0.456 e. The lowest BCUT2D eigenvalue weighted by atomic mass is 9.33. The molecule has 0 N–H and O–H groups in total. The van der Waals surface area contributed by atoms with E-state index in [-0.39, 0.29) is 33.8 Å². The predicted octanol–water partition coefficient (Wildman–Crippen LogP) is 17.9. The number of nitrogens with zero attached hydrogens (tertiary/aromatic N) is 2. The summed E-state index contributed by atoms with van der Waals surface area (Å²) in [7, 11) is 0. The van der Waals surface area contributed by atoms with E-state index in [0.29, 0.717) is 5.02 Å². The van der Waals surface area contributed by atoms with Crippen molar-refractivity contribution in [2.45, 2.75) is 129 Å². The van der Waals surface area contributed by atoms with Gasteiger partial charge in [0.2, 0.25) is 0 Å². The van der Waals surface area contributed by atoms with Crippen LogP contribution in [0.15, 0.2) is 148 Å². The Morgan fingerprint density at radius 3 is 1.77 bits per heavy atom. The number of rotatable bonds is 3. The summed E-state index contributed by atoms with van der Waals surface area (Å²) in [6.45, 7) is 26.3. The topological polar surface area (TPSA) is 32.8 Å². The van der Waals surface area contributed by atoms with Crippen molar-refractivity contribution in [2.75, 3.05) is 9.80 Å². The van der Waals surface area contributed by atoms with Gasteiger partial charge in [-0.15, -0.1) is 0 Å². The normalized spacial score (nSPS) is 17.9. The summed E-state index contributed by atoms with van der Waals surface area (Å²) in [5, 5.41) is 5.20. The van der Waals surface area contributed by atoms with Gasteiger partial charge in [-0.2, -0.15) is 0 Å². The molecule has 2 aromatic heterocycles. The number of anilines is 6. The lowest BCUT2D eigenvalue weighted by molar-refractivity contribution is 0.332. The highest BCUT2D eigenvalue weighted by atomic mass is 35.5. The van der Waals surface area contributed by atoms with Crippen molar-refractivity contribution in [3.05, 3.63) is 172 Å². The van der Waals surface area contributed by atoms with E-state index in [1.807, 2.05) is 0 Å². The van der Waals surface area contributed by atoms with Crippen LogP contribution >= 0.6 is 11.6 Å². The number of hydrogen-bond donors (Lipinski definition) is 0. The van der Waals surface area contributed by atoms with Crippen molar-refractivity contribution in [1.29, 1.82) is 0 Å². The fourth-order valence-electron chi connectivity index (χ4n) is 13.9. The molecule has 0 radical (unpaired) electrons. The Labute approximate surface area is 441 Å². The number of para-hydroxylation sites is 1. The molecule has 0 amide bonds. The van der Waals surface area contributed by atoms with Gasteiger partial charge in [-0.3, -0.25) is 0 Å². The number of furan rings is 2. The zero-order valence-electron chi connectivity index (χ0n) is 44.8.